The normalized spacial score (nSPS) is 13.6. The third-order valence-electron chi connectivity index (χ3n) is 4.44. The third kappa shape index (κ3) is 2.36. The minimum Gasteiger partial charge on any atom is -0.295 e. The van der Waals surface area contributed by atoms with Crippen LogP contribution in [0.3, 0.4) is 0 Å². The fourth-order valence-corrected chi connectivity index (χ4v) is 3.26. The van der Waals surface area contributed by atoms with Crippen LogP contribution in [0.2, 0.25) is 0 Å². The SMILES string of the molecule is CC1=Nc2ccccc2C(=O)N(C)c2c1c(C)nn2-c1ccccc1. The van der Waals surface area contributed by atoms with Crippen LogP contribution < -0.4 is 4.90 Å². The van der Waals surface area contributed by atoms with Gasteiger partial charge >= 0.3 is 0 Å². The lowest BCUT2D eigenvalue weighted by Crippen LogP contribution is -2.30. The van der Waals surface area contributed by atoms with Gasteiger partial charge in [-0.05, 0) is 38.1 Å². The van der Waals surface area contributed by atoms with Crippen molar-refractivity contribution in [3.63, 3.8) is 0 Å². The molecular formula is C20H18N4O. The van der Waals surface area contributed by atoms with Crippen molar-refractivity contribution in [2.75, 3.05) is 11.9 Å². The molecule has 1 aromatic heterocycles. The van der Waals surface area contributed by atoms with Crippen molar-refractivity contribution in [2.45, 2.75) is 13.8 Å². The number of carbonyl (C=O) groups is 1. The van der Waals surface area contributed by atoms with E-state index in [0.717, 1.165) is 28.5 Å². The summed E-state index contributed by atoms with van der Waals surface area (Å²) in [6.07, 6.45) is 0. The Kier molecular flexibility index (Phi) is 3.50. The van der Waals surface area contributed by atoms with Crippen LogP contribution in [0.15, 0.2) is 59.6 Å². The molecule has 5 heteroatoms. The molecule has 0 N–H and O–H groups in total. The van der Waals surface area contributed by atoms with Crippen LogP contribution in [0.25, 0.3) is 5.69 Å². The van der Waals surface area contributed by atoms with Gasteiger partial charge in [0.1, 0.15) is 5.82 Å². The highest BCUT2D eigenvalue weighted by Crippen LogP contribution is 2.33. The summed E-state index contributed by atoms with van der Waals surface area (Å²) in [7, 11) is 1.79. The van der Waals surface area contributed by atoms with E-state index in [2.05, 4.69) is 5.10 Å². The van der Waals surface area contributed by atoms with E-state index >= 15 is 0 Å². The van der Waals surface area contributed by atoms with Gasteiger partial charge in [-0.2, -0.15) is 5.10 Å². The second-order valence-electron chi connectivity index (χ2n) is 6.11. The average Bonchev–Trinajstić information content (AvgIpc) is 2.98. The molecule has 4 rings (SSSR count). The number of benzene rings is 2. The van der Waals surface area contributed by atoms with Gasteiger partial charge in [-0.15, -0.1) is 0 Å². The molecule has 25 heavy (non-hydrogen) atoms. The van der Waals surface area contributed by atoms with Gasteiger partial charge in [0, 0.05) is 7.05 Å². The molecule has 1 amide bonds. The molecule has 3 aromatic rings. The van der Waals surface area contributed by atoms with Crippen LogP contribution in [-0.2, 0) is 0 Å². The molecule has 0 fully saturated rings. The molecule has 0 bridgehead atoms. The van der Waals surface area contributed by atoms with Gasteiger partial charge < -0.3 is 0 Å². The summed E-state index contributed by atoms with van der Waals surface area (Å²) in [6, 6.07) is 17.3. The van der Waals surface area contributed by atoms with E-state index in [1.807, 2.05) is 73.1 Å². The van der Waals surface area contributed by atoms with Crippen LogP contribution >= 0.6 is 0 Å². The Morgan fingerprint density at radius 1 is 0.920 bits per heavy atom. The van der Waals surface area contributed by atoms with Crippen molar-refractivity contribution < 1.29 is 4.79 Å². The summed E-state index contributed by atoms with van der Waals surface area (Å²) in [5.74, 6) is 0.648. The standard InChI is InChI=1S/C20H18N4O/c1-13-18-14(2)22-24(15-9-5-4-6-10-15)19(18)23(3)20(25)16-11-7-8-12-17(16)21-13/h4-12H,1-3H3. The van der Waals surface area contributed by atoms with Crippen molar-refractivity contribution >= 4 is 23.1 Å². The second kappa shape index (κ2) is 5.70. The summed E-state index contributed by atoms with van der Waals surface area (Å²) in [5, 5.41) is 4.69. The summed E-state index contributed by atoms with van der Waals surface area (Å²) < 4.78 is 1.82. The monoisotopic (exact) mass is 330 g/mol. The summed E-state index contributed by atoms with van der Waals surface area (Å²) in [6.45, 7) is 3.91. The Bertz CT molecular complexity index is 1000. The Morgan fingerprint density at radius 2 is 1.60 bits per heavy atom. The van der Waals surface area contributed by atoms with Crippen molar-refractivity contribution in [1.29, 1.82) is 0 Å². The fraction of sp³-hybridized carbons (Fsp3) is 0.150. The lowest BCUT2D eigenvalue weighted by molar-refractivity contribution is 0.0992. The number of carbonyl (C=O) groups excluding carboxylic acids is 1. The van der Waals surface area contributed by atoms with Crippen LogP contribution in [0, 0.1) is 6.92 Å². The van der Waals surface area contributed by atoms with Gasteiger partial charge in [0.05, 0.1) is 33.9 Å². The highest BCUT2D eigenvalue weighted by Gasteiger charge is 2.29. The molecule has 0 radical (unpaired) electrons. The first-order chi connectivity index (χ1) is 12.1. The van der Waals surface area contributed by atoms with Crippen molar-refractivity contribution in [2.24, 2.45) is 4.99 Å². The van der Waals surface area contributed by atoms with Crippen molar-refractivity contribution in [3.05, 3.63) is 71.4 Å². The van der Waals surface area contributed by atoms with Gasteiger partial charge in [0.25, 0.3) is 5.91 Å². The third-order valence-corrected chi connectivity index (χ3v) is 4.44. The van der Waals surface area contributed by atoms with Gasteiger partial charge in [-0.25, -0.2) is 4.68 Å². The summed E-state index contributed by atoms with van der Waals surface area (Å²) in [4.78, 5) is 19.4. The zero-order chi connectivity index (χ0) is 17.6. The average molecular weight is 330 g/mol. The molecule has 1 aliphatic rings. The summed E-state index contributed by atoms with van der Waals surface area (Å²) >= 11 is 0. The highest BCUT2D eigenvalue weighted by molar-refractivity contribution is 6.16. The topological polar surface area (TPSA) is 50.5 Å². The number of aromatic nitrogens is 2. The Labute approximate surface area is 146 Å². The molecule has 124 valence electrons. The maximum atomic E-state index is 13.1. The quantitative estimate of drug-likeness (QED) is 0.679. The number of hydrogen-bond acceptors (Lipinski definition) is 3. The first kappa shape index (κ1) is 15.3. The van der Waals surface area contributed by atoms with Crippen LogP contribution in [0.1, 0.15) is 28.5 Å². The Morgan fingerprint density at radius 3 is 2.36 bits per heavy atom. The number of nitrogens with zero attached hydrogens (tertiary/aromatic N) is 4. The summed E-state index contributed by atoms with van der Waals surface area (Å²) in [5.41, 5.74) is 4.78. The minimum atomic E-state index is -0.0924. The number of anilines is 1. The zero-order valence-electron chi connectivity index (χ0n) is 14.4. The molecule has 1 aliphatic heterocycles. The number of rotatable bonds is 1. The Hall–Kier alpha value is -3.21. The maximum absolute atomic E-state index is 13.1. The van der Waals surface area contributed by atoms with E-state index in [4.69, 9.17) is 4.99 Å². The maximum Gasteiger partial charge on any atom is 0.261 e. The predicted octanol–water partition coefficient (Wildman–Crippen LogP) is 3.91. The van der Waals surface area contributed by atoms with Crippen LogP contribution in [0.4, 0.5) is 11.5 Å². The number of fused-ring (bicyclic) bond motifs is 2. The van der Waals surface area contributed by atoms with Gasteiger partial charge in [0.2, 0.25) is 0 Å². The van der Waals surface area contributed by atoms with E-state index < -0.39 is 0 Å². The van der Waals surface area contributed by atoms with E-state index in [1.54, 1.807) is 11.9 Å². The van der Waals surface area contributed by atoms with E-state index in [1.165, 1.54) is 0 Å². The second-order valence-corrected chi connectivity index (χ2v) is 6.11. The molecular weight excluding hydrogens is 312 g/mol. The van der Waals surface area contributed by atoms with Crippen molar-refractivity contribution in [3.8, 4) is 5.69 Å². The molecule has 0 unspecified atom stereocenters. The largest absolute Gasteiger partial charge is 0.295 e. The first-order valence-electron chi connectivity index (χ1n) is 8.15. The lowest BCUT2D eigenvalue weighted by atomic mass is 10.1. The molecule has 0 spiro atoms. The molecule has 0 saturated heterocycles. The highest BCUT2D eigenvalue weighted by atomic mass is 16.2. The molecule has 0 saturated carbocycles. The van der Waals surface area contributed by atoms with Gasteiger partial charge in [0.15, 0.2) is 0 Å². The smallest absolute Gasteiger partial charge is 0.261 e. The number of amides is 1. The molecule has 0 atom stereocenters. The van der Waals surface area contributed by atoms with Gasteiger partial charge in [-0.1, -0.05) is 30.3 Å². The zero-order valence-corrected chi connectivity index (χ0v) is 14.4. The van der Waals surface area contributed by atoms with E-state index in [9.17, 15) is 4.79 Å². The van der Waals surface area contributed by atoms with Crippen LogP contribution in [0.5, 0.6) is 0 Å². The van der Waals surface area contributed by atoms with Gasteiger partial charge in [-0.3, -0.25) is 14.7 Å². The molecule has 2 aromatic carbocycles. The van der Waals surface area contributed by atoms with E-state index in [0.29, 0.717) is 11.3 Å². The lowest BCUT2D eigenvalue weighted by Gasteiger charge is -2.23. The Balaban J connectivity index is 2.03. The fourth-order valence-electron chi connectivity index (χ4n) is 3.26. The number of para-hydroxylation sites is 2. The molecule has 0 aliphatic carbocycles. The minimum absolute atomic E-state index is 0.0924. The number of aryl methyl sites for hydroxylation is 1. The molecule has 5 nitrogen and oxygen atoms in total. The number of aliphatic imine (C=N–C) groups is 1. The van der Waals surface area contributed by atoms with E-state index in [-0.39, 0.29) is 5.91 Å². The number of hydrogen-bond donors (Lipinski definition) is 0. The van der Waals surface area contributed by atoms with Crippen LogP contribution in [-0.4, -0.2) is 28.4 Å². The predicted molar refractivity (Wildman–Crippen MR) is 99.3 cm³/mol. The van der Waals surface area contributed by atoms with Crippen molar-refractivity contribution in [1.82, 2.24) is 9.78 Å². The first-order valence-corrected chi connectivity index (χ1v) is 8.15. The molecule has 2 heterocycles.